The molecule has 0 atom stereocenters. The molecule has 0 fully saturated rings. The third-order valence-electron chi connectivity index (χ3n) is 2.57. The van der Waals surface area contributed by atoms with Crippen molar-refractivity contribution in [3.05, 3.63) is 0 Å². The van der Waals surface area contributed by atoms with Gasteiger partial charge in [-0.3, -0.25) is 4.79 Å². The van der Waals surface area contributed by atoms with Crippen LogP contribution in [0.1, 0.15) is 59.3 Å². The van der Waals surface area contributed by atoms with Gasteiger partial charge < -0.3 is 5.32 Å². The molecule has 0 spiro atoms. The largest absolute Gasteiger partial charge is 0.356 e. The molecular weight excluding hydrogens is 174 g/mol. The highest BCUT2D eigenvalue weighted by Gasteiger charge is 2.07. The maximum Gasteiger partial charge on any atom is 0.216 e. The number of rotatable bonds is 8. The van der Waals surface area contributed by atoms with Gasteiger partial charge in [0.2, 0.25) is 5.91 Å². The molecule has 0 aliphatic heterocycles. The van der Waals surface area contributed by atoms with Crippen LogP contribution >= 0.6 is 0 Å². The van der Waals surface area contributed by atoms with Crippen molar-refractivity contribution < 1.29 is 4.79 Å². The first-order valence-corrected chi connectivity index (χ1v) is 5.95. The highest BCUT2D eigenvalue weighted by atomic mass is 16.1. The minimum absolute atomic E-state index is 0.1000. The summed E-state index contributed by atoms with van der Waals surface area (Å²) in [6, 6.07) is 0. The first-order valence-electron chi connectivity index (χ1n) is 5.95. The van der Waals surface area contributed by atoms with Gasteiger partial charge >= 0.3 is 0 Å². The number of nitrogens with one attached hydrogen (secondary N) is 1. The van der Waals surface area contributed by atoms with E-state index < -0.39 is 0 Å². The van der Waals surface area contributed by atoms with Crippen LogP contribution in [0.5, 0.6) is 0 Å². The average Bonchev–Trinajstić information content (AvgIpc) is 2.16. The summed E-state index contributed by atoms with van der Waals surface area (Å²) in [6.07, 6.45) is 7.60. The highest BCUT2D eigenvalue weighted by molar-refractivity contribution is 5.72. The van der Waals surface area contributed by atoms with E-state index in [4.69, 9.17) is 0 Å². The van der Waals surface area contributed by atoms with Crippen LogP contribution in [0.2, 0.25) is 0 Å². The first-order chi connectivity index (χ1) is 6.70. The number of hydrogen-bond donors (Lipinski definition) is 1. The fourth-order valence-electron chi connectivity index (χ4n) is 1.62. The lowest BCUT2D eigenvalue weighted by molar-refractivity contribution is -0.119. The molecule has 0 aliphatic rings. The number of unbranched alkanes of at least 4 members (excludes halogenated alkanes) is 2. The topological polar surface area (TPSA) is 29.1 Å². The lowest BCUT2D eigenvalue weighted by Gasteiger charge is -2.16. The third kappa shape index (κ3) is 8.09. The summed E-state index contributed by atoms with van der Waals surface area (Å²) < 4.78 is 0. The van der Waals surface area contributed by atoms with E-state index in [1.54, 1.807) is 6.92 Å². The molecule has 14 heavy (non-hydrogen) atoms. The van der Waals surface area contributed by atoms with Crippen molar-refractivity contribution >= 4 is 5.91 Å². The van der Waals surface area contributed by atoms with Crippen molar-refractivity contribution in [2.75, 3.05) is 6.54 Å². The summed E-state index contributed by atoms with van der Waals surface area (Å²) >= 11 is 0. The van der Waals surface area contributed by atoms with Gasteiger partial charge in [-0.05, 0) is 18.8 Å². The Hall–Kier alpha value is -0.530. The zero-order chi connectivity index (χ0) is 10.8. The second-order valence-electron chi connectivity index (χ2n) is 4.09. The van der Waals surface area contributed by atoms with Gasteiger partial charge in [-0.1, -0.05) is 39.5 Å². The van der Waals surface area contributed by atoms with Gasteiger partial charge in [0, 0.05) is 13.5 Å². The van der Waals surface area contributed by atoms with E-state index in [2.05, 4.69) is 19.2 Å². The maximum absolute atomic E-state index is 10.8. The van der Waals surface area contributed by atoms with Crippen molar-refractivity contribution in [2.24, 2.45) is 5.92 Å². The van der Waals surface area contributed by atoms with Gasteiger partial charge in [0.15, 0.2) is 0 Å². The van der Waals surface area contributed by atoms with E-state index in [-0.39, 0.29) is 5.91 Å². The molecule has 1 amide bonds. The fourth-order valence-corrected chi connectivity index (χ4v) is 1.62. The molecule has 0 bridgehead atoms. The molecule has 84 valence electrons. The monoisotopic (exact) mass is 199 g/mol. The van der Waals surface area contributed by atoms with Crippen molar-refractivity contribution in [3.63, 3.8) is 0 Å². The quantitative estimate of drug-likeness (QED) is 0.639. The first kappa shape index (κ1) is 13.5. The Morgan fingerprint density at radius 1 is 1.14 bits per heavy atom. The van der Waals surface area contributed by atoms with Gasteiger partial charge in [0.1, 0.15) is 0 Å². The Morgan fingerprint density at radius 2 is 1.64 bits per heavy atom. The standard InChI is InChI=1S/C12H25NO/c1-4-6-8-12(9-7-5-2)10-13-11(3)14/h12H,4-10H2,1-3H3,(H,13,14). The van der Waals surface area contributed by atoms with Crippen LogP contribution in [0.25, 0.3) is 0 Å². The molecule has 0 rings (SSSR count). The van der Waals surface area contributed by atoms with Crippen LogP contribution in [-0.2, 0) is 4.79 Å². The zero-order valence-corrected chi connectivity index (χ0v) is 9.94. The molecule has 0 saturated heterocycles. The van der Waals surface area contributed by atoms with Crippen LogP contribution in [0.3, 0.4) is 0 Å². The number of carbonyl (C=O) groups excluding carboxylic acids is 1. The predicted octanol–water partition coefficient (Wildman–Crippen LogP) is 3.12. The lowest BCUT2D eigenvalue weighted by atomic mass is 9.96. The SMILES string of the molecule is CCCCC(CCCC)CNC(C)=O. The van der Waals surface area contributed by atoms with Crippen LogP contribution in [0, 0.1) is 5.92 Å². The summed E-state index contributed by atoms with van der Waals surface area (Å²) in [5.41, 5.74) is 0. The second-order valence-corrected chi connectivity index (χ2v) is 4.09. The molecule has 2 heteroatoms. The van der Waals surface area contributed by atoms with Gasteiger partial charge in [-0.2, -0.15) is 0 Å². The van der Waals surface area contributed by atoms with Crippen molar-refractivity contribution in [3.8, 4) is 0 Å². The Kier molecular flexibility index (Phi) is 8.70. The smallest absolute Gasteiger partial charge is 0.216 e. The summed E-state index contributed by atoms with van der Waals surface area (Å²) in [4.78, 5) is 10.8. The Labute approximate surface area is 88.5 Å². The number of carbonyl (C=O) groups is 1. The molecule has 0 radical (unpaired) electrons. The minimum atomic E-state index is 0.1000. The zero-order valence-electron chi connectivity index (χ0n) is 9.94. The number of amides is 1. The molecule has 0 aliphatic carbocycles. The van der Waals surface area contributed by atoms with E-state index in [1.807, 2.05) is 0 Å². The third-order valence-corrected chi connectivity index (χ3v) is 2.57. The summed E-state index contributed by atoms with van der Waals surface area (Å²) in [5, 5.41) is 2.92. The summed E-state index contributed by atoms with van der Waals surface area (Å²) in [6.45, 7) is 6.90. The molecule has 0 aromatic rings. The van der Waals surface area contributed by atoms with E-state index in [0.717, 1.165) is 6.54 Å². The minimum Gasteiger partial charge on any atom is -0.356 e. The molecule has 0 aromatic carbocycles. The Morgan fingerprint density at radius 3 is 2.00 bits per heavy atom. The lowest BCUT2D eigenvalue weighted by Crippen LogP contribution is -2.27. The van der Waals surface area contributed by atoms with E-state index in [9.17, 15) is 4.79 Å². The fraction of sp³-hybridized carbons (Fsp3) is 0.917. The van der Waals surface area contributed by atoms with Crippen LogP contribution in [0.4, 0.5) is 0 Å². The second kappa shape index (κ2) is 9.04. The van der Waals surface area contributed by atoms with Crippen LogP contribution < -0.4 is 5.32 Å². The van der Waals surface area contributed by atoms with Gasteiger partial charge in [0.05, 0.1) is 0 Å². The van der Waals surface area contributed by atoms with Crippen LogP contribution in [-0.4, -0.2) is 12.5 Å². The molecular formula is C12H25NO. The summed E-state index contributed by atoms with van der Waals surface area (Å²) in [7, 11) is 0. The summed E-state index contributed by atoms with van der Waals surface area (Å²) in [5.74, 6) is 0.793. The normalized spacial score (nSPS) is 10.6. The van der Waals surface area contributed by atoms with Gasteiger partial charge in [0.25, 0.3) is 0 Å². The molecule has 2 nitrogen and oxygen atoms in total. The highest BCUT2D eigenvalue weighted by Crippen LogP contribution is 2.15. The van der Waals surface area contributed by atoms with E-state index >= 15 is 0 Å². The average molecular weight is 199 g/mol. The van der Waals surface area contributed by atoms with Crippen molar-refractivity contribution in [1.82, 2.24) is 5.32 Å². The van der Waals surface area contributed by atoms with Gasteiger partial charge in [-0.15, -0.1) is 0 Å². The molecule has 0 heterocycles. The Bertz CT molecular complexity index is 137. The van der Waals surface area contributed by atoms with Crippen molar-refractivity contribution in [1.29, 1.82) is 0 Å². The predicted molar refractivity (Wildman–Crippen MR) is 61.2 cm³/mol. The van der Waals surface area contributed by atoms with Crippen LogP contribution in [0.15, 0.2) is 0 Å². The molecule has 0 aromatic heterocycles. The van der Waals surface area contributed by atoms with Crippen molar-refractivity contribution in [2.45, 2.75) is 59.3 Å². The Balaban J connectivity index is 3.65. The number of hydrogen-bond acceptors (Lipinski definition) is 1. The van der Waals surface area contributed by atoms with E-state index in [1.165, 1.54) is 38.5 Å². The molecule has 1 N–H and O–H groups in total. The van der Waals surface area contributed by atoms with Gasteiger partial charge in [-0.25, -0.2) is 0 Å². The molecule has 0 unspecified atom stereocenters. The maximum atomic E-state index is 10.8. The molecule has 0 saturated carbocycles. The van der Waals surface area contributed by atoms with E-state index in [0.29, 0.717) is 5.92 Å².